The lowest BCUT2D eigenvalue weighted by atomic mass is 9.94. The number of carbonyl (C=O) groups is 2. The van der Waals surface area contributed by atoms with E-state index in [4.69, 9.17) is 12.2 Å². The minimum absolute atomic E-state index is 0.00171. The van der Waals surface area contributed by atoms with Crippen molar-refractivity contribution in [1.29, 1.82) is 0 Å². The Balaban J connectivity index is 2.25. The molecule has 2 aliphatic rings. The molecule has 118 valence electrons. The molecule has 1 aliphatic carbocycles. The second-order valence-electron chi connectivity index (χ2n) is 6.01. The molecule has 0 spiro atoms. The molecule has 21 heavy (non-hydrogen) atoms. The van der Waals surface area contributed by atoms with Gasteiger partial charge in [0.2, 0.25) is 0 Å². The predicted molar refractivity (Wildman–Crippen MR) is 83.9 cm³/mol. The monoisotopic (exact) mass is 312 g/mol. The van der Waals surface area contributed by atoms with Crippen LogP contribution in [-0.4, -0.2) is 50.0 Å². The molecule has 0 aromatic carbocycles. The number of hydrogen-bond acceptors (Lipinski definition) is 3. The first-order valence-electron chi connectivity index (χ1n) is 7.87. The van der Waals surface area contributed by atoms with Gasteiger partial charge in [0.05, 0.1) is 0 Å². The highest BCUT2D eigenvalue weighted by Gasteiger charge is 2.47. The van der Waals surface area contributed by atoms with Gasteiger partial charge in [0.1, 0.15) is 12.1 Å². The first-order valence-corrected chi connectivity index (χ1v) is 8.28. The summed E-state index contributed by atoms with van der Waals surface area (Å²) in [6.45, 7) is 3.61. The number of thiocarbonyl (C=S) groups is 1. The molecule has 0 radical (unpaired) electrons. The molecule has 0 unspecified atom stereocenters. The van der Waals surface area contributed by atoms with Gasteiger partial charge in [-0.2, -0.15) is 0 Å². The van der Waals surface area contributed by atoms with Crippen LogP contribution in [-0.2, 0) is 9.59 Å². The molecule has 2 atom stereocenters. The summed E-state index contributed by atoms with van der Waals surface area (Å²) < 4.78 is 0. The van der Waals surface area contributed by atoms with Gasteiger partial charge in [0, 0.05) is 6.04 Å². The Morgan fingerprint density at radius 2 is 2.00 bits per heavy atom. The van der Waals surface area contributed by atoms with E-state index in [1.54, 1.807) is 16.7 Å². The van der Waals surface area contributed by atoms with Gasteiger partial charge in [-0.1, -0.05) is 32.6 Å². The van der Waals surface area contributed by atoms with Gasteiger partial charge < -0.3 is 10.0 Å². The zero-order valence-electron chi connectivity index (χ0n) is 12.7. The normalized spacial score (nSPS) is 25.5. The van der Waals surface area contributed by atoms with Crippen LogP contribution in [0.5, 0.6) is 0 Å². The van der Waals surface area contributed by atoms with Crippen molar-refractivity contribution < 1.29 is 14.7 Å². The fourth-order valence-corrected chi connectivity index (χ4v) is 3.92. The average molecular weight is 312 g/mol. The first-order chi connectivity index (χ1) is 9.99. The van der Waals surface area contributed by atoms with Gasteiger partial charge in [-0.05, 0) is 38.4 Å². The van der Waals surface area contributed by atoms with Crippen LogP contribution in [0.2, 0.25) is 0 Å². The Labute approximate surface area is 131 Å². The van der Waals surface area contributed by atoms with E-state index in [0.29, 0.717) is 11.5 Å². The minimum Gasteiger partial charge on any atom is -0.480 e. The number of carboxylic acid groups (broad SMARTS) is 1. The second kappa shape index (κ2) is 6.73. The Morgan fingerprint density at radius 1 is 1.38 bits per heavy atom. The van der Waals surface area contributed by atoms with E-state index in [2.05, 4.69) is 0 Å². The third-order valence-electron chi connectivity index (χ3n) is 4.56. The van der Waals surface area contributed by atoms with Crippen LogP contribution in [0.25, 0.3) is 0 Å². The number of hydrogen-bond donors (Lipinski definition) is 1. The summed E-state index contributed by atoms with van der Waals surface area (Å²) in [7, 11) is 0. The SMILES string of the molecule is CCC[C@@H]1C(=O)N(C2CCCCC2)C(=S)N1[C@@H](C)C(=O)O. The Kier molecular flexibility index (Phi) is 5.19. The van der Waals surface area contributed by atoms with Crippen LogP contribution in [0.1, 0.15) is 58.8 Å². The van der Waals surface area contributed by atoms with E-state index in [9.17, 15) is 14.7 Å². The zero-order chi connectivity index (χ0) is 15.6. The summed E-state index contributed by atoms with van der Waals surface area (Å²) in [5, 5.41) is 9.71. The Hall–Kier alpha value is -1.17. The summed E-state index contributed by atoms with van der Waals surface area (Å²) in [6, 6.07) is -1.01. The van der Waals surface area contributed by atoms with E-state index in [1.807, 2.05) is 6.92 Å². The van der Waals surface area contributed by atoms with E-state index in [1.165, 1.54) is 6.42 Å². The third-order valence-corrected chi connectivity index (χ3v) is 4.97. The summed E-state index contributed by atoms with van der Waals surface area (Å²) in [5.41, 5.74) is 0. The summed E-state index contributed by atoms with van der Waals surface area (Å²) in [6.07, 6.45) is 6.87. The lowest BCUT2D eigenvalue weighted by molar-refractivity contribution is -0.142. The molecule has 0 aromatic heterocycles. The van der Waals surface area contributed by atoms with Crippen LogP contribution < -0.4 is 0 Å². The van der Waals surface area contributed by atoms with Crippen LogP contribution in [0.4, 0.5) is 0 Å². The molecule has 1 N–H and O–H groups in total. The molecule has 2 fully saturated rings. The predicted octanol–water partition coefficient (Wildman–Crippen LogP) is 2.39. The zero-order valence-corrected chi connectivity index (χ0v) is 13.6. The van der Waals surface area contributed by atoms with E-state index < -0.39 is 18.1 Å². The van der Waals surface area contributed by atoms with Crippen molar-refractivity contribution in [3.63, 3.8) is 0 Å². The topological polar surface area (TPSA) is 60.9 Å². The molecule has 1 heterocycles. The van der Waals surface area contributed by atoms with Gasteiger partial charge in [0.15, 0.2) is 5.11 Å². The molecule has 1 amide bonds. The minimum atomic E-state index is -0.934. The van der Waals surface area contributed by atoms with Crippen molar-refractivity contribution >= 4 is 29.2 Å². The van der Waals surface area contributed by atoms with Gasteiger partial charge in [-0.3, -0.25) is 9.69 Å². The maximum atomic E-state index is 12.7. The van der Waals surface area contributed by atoms with Gasteiger partial charge >= 0.3 is 5.97 Å². The standard InChI is InChI=1S/C15H24N2O3S/c1-3-7-12-13(18)17(11-8-5-4-6-9-11)15(21)16(12)10(2)14(19)20/h10-12H,3-9H2,1-2H3,(H,19,20)/t10-,12+/m0/s1. The molecular formula is C15H24N2O3S. The van der Waals surface area contributed by atoms with E-state index in [-0.39, 0.29) is 11.9 Å². The lowest BCUT2D eigenvalue weighted by Crippen LogP contribution is -2.46. The van der Waals surface area contributed by atoms with Crippen molar-refractivity contribution in [2.45, 2.75) is 76.9 Å². The lowest BCUT2D eigenvalue weighted by Gasteiger charge is -2.32. The smallest absolute Gasteiger partial charge is 0.326 e. The maximum absolute atomic E-state index is 12.7. The molecule has 1 aliphatic heterocycles. The van der Waals surface area contributed by atoms with Gasteiger partial charge in [-0.15, -0.1) is 0 Å². The van der Waals surface area contributed by atoms with Crippen LogP contribution in [0.15, 0.2) is 0 Å². The van der Waals surface area contributed by atoms with Crippen molar-refractivity contribution in [1.82, 2.24) is 9.80 Å². The number of carbonyl (C=O) groups excluding carboxylic acids is 1. The van der Waals surface area contributed by atoms with Crippen molar-refractivity contribution in [2.24, 2.45) is 0 Å². The average Bonchev–Trinajstić information content (AvgIpc) is 2.71. The van der Waals surface area contributed by atoms with Gasteiger partial charge in [0.25, 0.3) is 5.91 Å². The molecule has 0 bridgehead atoms. The quantitative estimate of drug-likeness (QED) is 0.790. The maximum Gasteiger partial charge on any atom is 0.326 e. The molecular weight excluding hydrogens is 288 g/mol. The van der Waals surface area contributed by atoms with Crippen LogP contribution >= 0.6 is 12.2 Å². The highest BCUT2D eigenvalue weighted by atomic mass is 32.1. The summed E-state index contributed by atoms with van der Waals surface area (Å²) >= 11 is 5.47. The summed E-state index contributed by atoms with van der Waals surface area (Å²) in [5.74, 6) is -0.932. The largest absolute Gasteiger partial charge is 0.480 e. The first kappa shape index (κ1) is 16.2. The Bertz CT molecular complexity index is 435. The second-order valence-corrected chi connectivity index (χ2v) is 6.37. The number of aliphatic carboxylic acids is 1. The molecule has 2 rings (SSSR count). The van der Waals surface area contributed by atoms with E-state index in [0.717, 1.165) is 32.1 Å². The number of carboxylic acids is 1. The fraction of sp³-hybridized carbons (Fsp3) is 0.800. The van der Waals surface area contributed by atoms with Gasteiger partial charge in [-0.25, -0.2) is 4.79 Å². The number of amides is 1. The molecule has 5 nitrogen and oxygen atoms in total. The van der Waals surface area contributed by atoms with Crippen molar-refractivity contribution in [3.8, 4) is 0 Å². The highest BCUT2D eigenvalue weighted by Crippen LogP contribution is 2.31. The van der Waals surface area contributed by atoms with E-state index >= 15 is 0 Å². The molecule has 6 heteroatoms. The third kappa shape index (κ3) is 3.05. The molecule has 1 saturated heterocycles. The summed E-state index contributed by atoms with van der Waals surface area (Å²) in [4.78, 5) is 27.4. The number of nitrogens with zero attached hydrogens (tertiary/aromatic N) is 2. The van der Waals surface area contributed by atoms with Crippen LogP contribution in [0, 0.1) is 0 Å². The fourth-order valence-electron chi connectivity index (χ4n) is 3.40. The Morgan fingerprint density at radius 3 is 2.52 bits per heavy atom. The molecule has 0 aromatic rings. The van der Waals surface area contributed by atoms with Crippen molar-refractivity contribution in [3.05, 3.63) is 0 Å². The van der Waals surface area contributed by atoms with Crippen LogP contribution in [0.3, 0.4) is 0 Å². The van der Waals surface area contributed by atoms with Crippen molar-refractivity contribution in [2.75, 3.05) is 0 Å². The number of rotatable bonds is 5. The molecule has 1 saturated carbocycles. The highest BCUT2D eigenvalue weighted by molar-refractivity contribution is 7.80.